The summed E-state index contributed by atoms with van der Waals surface area (Å²) in [6.07, 6.45) is 32.4. The Morgan fingerprint density at radius 3 is 1.17 bits per heavy atom. The van der Waals surface area contributed by atoms with Crippen molar-refractivity contribution in [3.8, 4) is 0 Å². The van der Waals surface area contributed by atoms with Gasteiger partial charge in [0, 0.05) is 12.0 Å². The Bertz CT molecular complexity index is 406. The maximum absolute atomic E-state index is 10.8. The van der Waals surface area contributed by atoms with Crippen LogP contribution in [0.3, 0.4) is 0 Å². The van der Waals surface area contributed by atoms with E-state index in [-0.39, 0.29) is 36.0 Å². The largest absolute Gasteiger partial charge is 1.00 e. The summed E-state index contributed by atoms with van der Waals surface area (Å²) in [5.74, 6) is -0.903. The zero-order valence-electron chi connectivity index (χ0n) is 25.4. The first-order valence-corrected chi connectivity index (χ1v) is 16.1. The molecule has 0 saturated heterocycles. The molecule has 0 aromatic heterocycles. The van der Waals surface area contributed by atoms with Crippen LogP contribution in [0.25, 0.3) is 0 Å². The quantitative estimate of drug-likeness (QED) is 0.0873. The third-order valence-electron chi connectivity index (χ3n) is 7.72. The van der Waals surface area contributed by atoms with Gasteiger partial charge < -0.3 is 14.8 Å². The summed E-state index contributed by atoms with van der Waals surface area (Å²) in [6.45, 7) is 9.23. The number of carboxylic acids is 1. The Labute approximate surface area is 249 Å². The van der Waals surface area contributed by atoms with E-state index in [1.165, 1.54) is 154 Å². The van der Waals surface area contributed by atoms with E-state index in [4.69, 9.17) is 0 Å². The number of carbonyl (C=O) groups excluding carboxylic acids is 1. The number of hydrogen-bond donors (Lipinski definition) is 0. The first-order valence-electron chi connectivity index (χ1n) is 16.1. The molecule has 0 heterocycles. The van der Waals surface area contributed by atoms with Crippen LogP contribution in [0.1, 0.15) is 181 Å². The third-order valence-corrected chi connectivity index (χ3v) is 7.72. The Balaban J connectivity index is 0. The van der Waals surface area contributed by atoms with Crippen LogP contribution >= 0.6 is 0 Å². The molecule has 0 rings (SSSR count). The Morgan fingerprint density at radius 2 is 0.861 bits per heavy atom. The minimum Gasteiger partial charge on any atom is -0.550 e. The molecule has 36 heavy (non-hydrogen) atoms. The molecule has 0 aromatic carbocycles. The molecule has 3 nitrogen and oxygen atoms in total. The Morgan fingerprint density at radius 1 is 0.556 bits per heavy atom. The third kappa shape index (κ3) is 29.0. The van der Waals surface area contributed by atoms with E-state index in [1.807, 2.05) is 0 Å². The topological polar surface area (TPSA) is 43.4 Å². The summed E-state index contributed by atoms with van der Waals surface area (Å²) in [6, 6.07) is 0.487. The second kappa shape index (κ2) is 31.6. The van der Waals surface area contributed by atoms with Crippen molar-refractivity contribution in [2.45, 2.75) is 187 Å². The molecule has 0 amide bonds. The van der Waals surface area contributed by atoms with Crippen molar-refractivity contribution in [2.75, 3.05) is 13.1 Å². The summed E-state index contributed by atoms with van der Waals surface area (Å²) >= 11 is 0. The van der Waals surface area contributed by atoms with Crippen LogP contribution < -0.4 is 34.7 Å². The zero-order valence-corrected chi connectivity index (χ0v) is 27.4. The van der Waals surface area contributed by atoms with Crippen molar-refractivity contribution in [1.82, 2.24) is 4.90 Å². The minimum atomic E-state index is -0.903. The van der Waals surface area contributed by atoms with Gasteiger partial charge in [-0.3, -0.25) is 0 Å². The molecule has 1 atom stereocenters. The zero-order chi connectivity index (χ0) is 25.8. The number of rotatable bonds is 29. The monoisotopic (exact) mass is 517 g/mol. The molecule has 1 unspecified atom stereocenters. The molecule has 0 saturated carbocycles. The van der Waals surface area contributed by atoms with Crippen molar-refractivity contribution in [2.24, 2.45) is 0 Å². The van der Waals surface area contributed by atoms with Crippen molar-refractivity contribution >= 4 is 5.97 Å². The molecule has 0 aromatic rings. The summed E-state index contributed by atoms with van der Waals surface area (Å²) in [4.78, 5) is 13.4. The molecule has 210 valence electrons. The average Bonchev–Trinajstić information content (AvgIpc) is 2.84. The molecule has 0 N–H and O–H groups in total. The van der Waals surface area contributed by atoms with E-state index in [1.54, 1.807) is 0 Å². The average molecular weight is 518 g/mol. The van der Waals surface area contributed by atoms with Crippen LogP contribution in [0.4, 0.5) is 0 Å². The van der Waals surface area contributed by atoms with Gasteiger partial charge in [0.2, 0.25) is 0 Å². The van der Waals surface area contributed by atoms with E-state index in [0.717, 1.165) is 12.8 Å². The summed E-state index contributed by atoms with van der Waals surface area (Å²) in [5.41, 5.74) is 0. The van der Waals surface area contributed by atoms with E-state index >= 15 is 0 Å². The van der Waals surface area contributed by atoms with Crippen LogP contribution in [0.5, 0.6) is 0 Å². The van der Waals surface area contributed by atoms with Crippen molar-refractivity contribution in [3.05, 3.63) is 0 Å². The van der Waals surface area contributed by atoms with E-state index in [9.17, 15) is 9.90 Å². The van der Waals surface area contributed by atoms with Gasteiger partial charge in [-0.05, 0) is 52.1 Å². The smallest absolute Gasteiger partial charge is 0.550 e. The van der Waals surface area contributed by atoms with Crippen LogP contribution in [0.2, 0.25) is 0 Å². The molecule has 0 spiro atoms. The van der Waals surface area contributed by atoms with Crippen molar-refractivity contribution < 1.29 is 39.5 Å². The summed E-state index contributed by atoms with van der Waals surface area (Å²) in [5, 5.41) is 10.8. The van der Waals surface area contributed by atoms with E-state index in [0.29, 0.717) is 6.04 Å². The summed E-state index contributed by atoms with van der Waals surface area (Å²) < 4.78 is 0. The molecule has 0 aliphatic heterocycles. The molecule has 0 aliphatic carbocycles. The van der Waals surface area contributed by atoms with E-state index < -0.39 is 5.97 Å². The van der Waals surface area contributed by atoms with Gasteiger partial charge in [0.1, 0.15) is 0 Å². The maximum Gasteiger partial charge on any atom is 1.00 e. The normalized spacial score (nSPS) is 12.1. The molecule has 4 heteroatoms. The van der Waals surface area contributed by atoms with Crippen molar-refractivity contribution in [3.63, 3.8) is 0 Å². The number of unbranched alkanes of at least 4 members (excludes halogenated alkanes) is 20. The molecule has 0 radical (unpaired) electrons. The van der Waals surface area contributed by atoms with Crippen molar-refractivity contribution in [1.29, 1.82) is 0 Å². The van der Waals surface area contributed by atoms with Crippen LogP contribution in [-0.2, 0) is 4.79 Å². The molecule has 0 bridgehead atoms. The second-order valence-corrected chi connectivity index (χ2v) is 11.2. The number of hydrogen-bond acceptors (Lipinski definition) is 3. The van der Waals surface area contributed by atoms with Gasteiger partial charge in [-0.15, -0.1) is 0 Å². The minimum absolute atomic E-state index is 0. The fraction of sp³-hybridized carbons (Fsp3) is 0.969. The Hall–Kier alpha value is 0.430. The summed E-state index contributed by atoms with van der Waals surface area (Å²) in [7, 11) is 0. The van der Waals surface area contributed by atoms with Crippen LogP contribution in [0.15, 0.2) is 0 Å². The molecule has 0 fully saturated rings. The van der Waals surface area contributed by atoms with Crippen LogP contribution in [-0.4, -0.2) is 30.0 Å². The molecular weight excluding hydrogens is 453 g/mol. The second-order valence-electron chi connectivity index (χ2n) is 11.2. The number of carboxylic acid groups (broad SMARTS) is 1. The first kappa shape index (κ1) is 38.6. The van der Waals surface area contributed by atoms with Gasteiger partial charge >= 0.3 is 29.6 Å². The van der Waals surface area contributed by atoms with Gasteiger partial charge in [0.25, 0.3) is 0 Å². The fourth-order valence-electron chi connectivity index (χ4n) is 5.24. The number of nitrogens with zero attached hydrogens (tertiary/aromatic N) is 1. The van der Waals surface area contributed by atoms with Gasteiger partial charge in [0.05, 0.1) is 0 Å². The van der Waals surface area contributed by atoms with Gasteiger partial charge in [-0.2, -0.15) is 0 Å². The first-order chi connectivity index (χ1) is 17.1. The van der Waals surface area contributed by atoms with Crippen LogP contribution in [0, 0.1) is 0 Å². The predicted octanol–water partition coefficient (Wildman–Crippen LogP) is 6.22. The van der Waals surface area contributed by atoms with Gasteiger partial charge in [-0.25, -0.2) is 0 Å². The predicted molar refractivity (Wildman–Crippen MR) is 153 cm³/mol. The molecule has 0 aliphatic rings. The maximum atomic E-state index is 10.8. The number of carbonyl (C=O) groups is 1. The van der Waals surface area contributed by atoms with E-state index in [2.05, 4.69) is 25.7 Å². The number of aliphatic carboxylic acids is 1. The van der Waals surface area contributed by atoms with Gasteiger partial charge in [-0.1, -0.05) is 142 Å². The fourth-order valence-corrected chi connectivity index (χ4v) is 5.24. The molecular formula is C32H64NNaO2. The standard InChI is InChI=1S/C32H65NO2.Na/c1-4-6-8-10-12-14-16-18-20-22-24-29-33(31(3)27-26-28-32(34)35)30-25-23-21-19-17-15-13-11-9-7-5-2;/h31H,4-30H2,1-3H3,(H,34,35);/q;+1/p-1. The Kier molecular flexibility index (Phi) is 33.9. The van der Waals surface area contributed by atoms with Gasteiger partial charge in [0.15, 0.2) is 0 Å². The SMILES string of the molecule is CCCCCCCCCCCCCN(CCCCCCCCCCCCC)C(C)CCCC(=O)[O-].[Na+].